The van der Waals surface area contributed by atoms with Gasteiger partial charge in [0.05, 0.1) is 0 Å². The summed E-state index contributed by atoms with van der Waals surface area (Å²) < 4.78 is 1.13. The van der Waals surface area contributed by atoms with Crippen LogP contribution in [0.1, 0.15) is 25.7 Å². The van der Waals surface area contributed by atoms with Gasteiger partial charge in [-0.3, -0.25) is 0 Å². The number of nitrogens with one attached hydrogen (secondary N) is 1. The van der Waals surface area contributed by atoms with Crippen LogP contribution in [0.3, 0.4) is 0 Å². The molecule has 0 atom stereocenters. The van der Waals surface area contributed by atoms with Gasteiger partial charge in [0.1, 0.15) is 5.82 Å². The molecule has 0 amide bonds. The quantitative estimate of drug-likeness (QED) is 0.889. The Hall–Kier alpha value is -1.09. The van der Waals surface area contributed by atoms with Gasteiger partial charge in [0.25, 0.3) is 0 Å². The Morgan fingerprint density at radius 1 is 1.12 bits per heavy atom. The number of benzene rings is 1. The molecule has 1 aliphatic carbocycles. The van der Waals surface area contributed by atoms with Crippen molar-refractivity contribution in [3.8, 4) is 0 Å². The van der Waals surface area contributed by atoms with E-state index in [1.807, 2.05) is 6.20 Å². The highest BCUT2D eigenvalue weighted by Gasteiger charge is 2.16. The maximum absolute atomic E-state index is 4.48. The molecule has 1 fully saturated rings. The molecule has 0 bridgehead atoms. The molecule has 0 spiro atoms. The zero-order valence-electron chi connectivity index (χ0n) is 9.62. The molecular weight excluding hydrogens is 276 g/mol. The normalized spacial score (nSPS) is 16.5. The summed E-state index contributed by atoms with van der Waals surface area (Å²) in [5, 5.41) is 6.01. The molecule has 2 aromatic rings. The highest BCUT2D eigenvalue weighted by molar-refractivity contribution is 9.10. The Balaban J connectivity index is 2.01. The summed E-state index contributed by atoms with van der Waals surface area (Å²) in [4.78, 5) is 4.48. The minimum absolute atomic E-state index is 0.604. The van der Waals surface area contributed by atoms with Crippen molar-refractivity contribution in [3.05, 3.63) is 34.9 Å². The maximum Gasteiger partial charge on any atom is 0.134 e. The fourth-order valence-electron chi connectivity index (χ4n) is 2.55. The van der Waals surface area contributed by atoms with Gasteiger partial charge < -0.3 is 5.32 Å². The van der Waals surface area contributed by atoms with E-state index in [1.165, 1.54) is 36.5 Å². The first-order valence-corrected chi connectivity index (χ1v) is 6.93. The van der Waals surface area contributed by atoms with E-state index in [0.29, 0.717) is 6.04 Å². The Morgan fingerprint density at radius 3 is 2.76 bits per heavy atom. The van der Waals surface area contributed by atoms with Crippen molar-refractivity contribution in [1.29, 1.82) is 0 Å². The Kier molecular flexibility index (Phi) is 3.02. The number of rotatable bonds is 2. The van der Waals surface area contributed by atoms with Crippen LogP contribution in [0.15, 0.2) is 34.9 Å². The monoisotopic (exact) mass is 290 g/mol. The first-order valence-electron chi connectivity index (χ1n) is 6.14. The highest BCUT2D eigenvalue weighted by Crippen LogP contribution is 2.29. The molecule has 88 valence electrons. The Labute approximate surface area is 110 Å². The van der Waals surface area contributed by atoms with Gasteiger partial charge in [0, 0.05) is 27.5 Å². The van der Waals surface area contributed by atoms with E-state index < -0.39 is 0 Å². The number of hydrogen-bond acceptors (Lipinski definition) is 2. The first kappa shape index (κ1) is 11.0. The summed E-state index contributed by atoms with van der Waals surface area (Å²) in [6, 6.07) is 8.92. The van der Waals surface area contributed by atoms with Crippen LogP contribution in [0.4, 0.5) is 5.82 Å². The van der Waals surface area contributed by atoms with Crippen LogP contribution in [0, 0.1) is 0 Å². The maximum atomic E-state index is 4.48. The van der Waals surface area contributed by atoms with Crippen LogP contribution in [0.2, 0.25) is 0 Å². The average Bonchev–Trinajstić information content (AvgIpc) is 2.83. The molecule has 0 aliphatic heterocycles. The highest BCUT2D eigenvalue weighted by atomic mass is 79.9. The number of pyridine rings is 1. The third-order valence-electron chi connectivity index (χ3n) is 3.45. The van der Waals surface area contributed by atoms with Gasteiger partial charge in [-0.1, -0.05) is 40.9 Å². The van der Waals surface area contributed by atoms with Crippen molar-refractivity contribution in [1.82, 2.24) is 4.98 Å². The zero-order valence-corrected chi connectivity index (χ0v) is 11.2. The van der Waals surface area contributed by atoms with E-state index in [1.54, 1.807) is 0 Å². The lowest BCUT2D eigenvalue weighted by Gasteiger charge is -2.14. The molecule has 3 rings (SSSR count). The number of halogens is 1. The Bertz CT molecular complexity index is 533. The van der Waals surface area contributed by atoms with E-state index in [4.69, 9.17) is 0 Å². The van der Waals surface area contributed by atoms with Gasteiger partial charge in [-0.05, 0) is 25.0 Å². The number of anilines is 1. The summed E-state index contributed by atoms with van der Waals surface area (Å²) in [6.07, 6.45) is 7.10. The molecule has 17 heavy (non-hydrogen) atoms. The largest absolute Gasteiger partial charge is 0.367 e. The van der Waals surface area contributed by atoms with E-state index in [0.717, 1.165) is 10.3 Å². The fraction of sp³-hybridized carbons (Fsp3) is 0.357. The number of hydrogen-bond donors (Lipinski definition) is 1. The van der Waals surface area contributed by atoms with Crippen molar-refractivity contribution in [3.63, 3.8) is 0 Å². The molecule has 1 heterocycles. The standard InChI is InChI=1S/C14H15BrN2/c15-13-7-3-6-12-11(13)8-9-16-14(12)17-10-4-1-2-5-10/h3,6-10H,1-2,4-5H2,(H,16,17). The summed E-state index contributed by atoms with van der Waals surface area (Å²) in [5.41, 5.74) is 0. The van der Waals surface area contributed by atoms with Crippen LogP contribution in [-0.2, 0) is 0 Å². The number of fused-ring (bicyclic) bond motifs is 1. The van der Waals surface area contributed by atoms with Gasteiger partial charge in [0.15, 0.2) is 0 Å². The summed E-state index contributed by atoms with van der Waals surface area (Å²) >= 11 is 3.59. The molecule has 0 unspecified atom stereocenters. The zero-order chi connectivity index (χ0) is 11.7. The second-order valence-corrected chi connectivity index (χ2v) is 5.47. The van der Waals surface area contributed by atoms with Crippen LogP contribution in [0.5, 0.6) is 0 Å². The lowest BCUT2D eigenvalue weighted by Crippen LogP contribution is -2.15. The molecule has 1 saturated carbocycles. The van der Waals surface area contributed by atoms with Gasteiger partial charge in [-0.2, -0.15) is 0 Å². The van der Waals surface area contributed by atoms with E-state index >= 15 is 0 Å². The van der Waals surface area contributed by atoms with Gasteiger partial charge in [0.2, 0.25) is 0 Å². The third kappa shape index (κ3) is 2.16. The van der Waals surface area contributed by atoms with Crippen molar-refractivity contribution in [2.45, 2.75) is 31.7 Å². The van der Waals surface area contributed by atoms with E-state index in [9.17, 15) is 0 Å². The second-order valence-electron chi connectivity index (χ2n) is 4.62. The van der Waals surface area contributed by atoms with Crippen LogP contribution >= 0.6 is 15.9 Å². The topological polar surface area (TPSA) is 24.9 Å². The average molecular weight is 291 g/mol. The van der Waals surface area contributed by atoms with Crippen molar-refractivity contribution >= 4 is 32.5 Å². The van der Waals surface area contributed by atoms with Crippen molar-refractivity contribution in [2.24, 2.45) is 0 Å². The molecule has 1 aromatic heterocycles. The van der Waals surface area contributed by atoms with Gasteiger partial charge in [-0.15, -0.1) is 0 Å². The molecular formula is C14H15BrN2. The molecule has 1 aromatic carbocycles. The number of nitrogens with zero attached hydrogens (tertiary/aromatic N) is 1. The van der Waals surface area contributed by atoms with Crippen LogP contribution < -0.4 is 5.32 Å². The van der Waals surface area contributed by atoms with Crippen LogP contribution in [0.25, 0.3) is 10.8 Å². The smallest absolute Gasteiger partial charge is 0.134 e. The molecule has 1 N–H and O–H groups in total. The van der Waals surface area contributed by atoms with E-state index in [-0.39, 0.29) is 0 Å². The number of aromatic nitrogens is 1. The van der Waals surface area contributed by atoms with Gasteiger partial charge in [-0.25, -0.2) is 4.98 Å². The summed E-state index contributed by atoms with van der Waals surface area (Å²) in [6.45, 7) is 0. The third-order valence-corrected chi connectivity index (χ3v) is 4.14. The predicted octanol–water partition coefficient (Wildman–Crippen LogP) is 4.35. The lowest BCUT2D eigenvalue weighted by atomic mass is 10.1. The van der Waals surface area contributed by atoms with E-state index in [2.05, 4.69) is 50.5 Å². The summed E-state index contributed by atoms with van der Waals surface area (Å²) in [5.74, 6) is 1.02. The van der Waals surface area contributed by atoms with Crippen molar-refractivity contribution < 1.29 is 0 Å². The first-order chi connectivity index (χ1) is 8.34. The molecule has 3 heteroatoms. The molecule has 0 saturated heterocycles. The second kappa shape index (κ2) is 4.65. The molecule has 2 nitrogen and oxygen atoms in total. The predicted molar refractivity (Wildman–Crippen MR) is 75.3 cm³/mol. The summed E-state index contributed by atoms with van der Waals surface area (Å²) in [7, 11) is 0. The van der Waals surface area contributed by atoms with Crippen LogP contribution in [-0.4, -0.2) is 11.0 Å². The SMILES string of the molecule is Brc1cccc2c(NC3CCCC3)nccc12. The molecule has 1 aliphatic rings. The van der Waals surface area contributed by atoms with Gasteiger partial charge >= 0.3 is 0 Å². The fourth-order valence-corrected chi connectivity index (χ4v) is 3.05. The minimum Gasteiger partial charge on any atom is -0.367 e. The molecule has 0 radical (unpaired) electrons. The minimum atomic E-state index is 0.604. The lowest BCUT2D eigenvalue weighted by molar-refractivity contribution is 0.752. The Morgan fingerprint density at radius 2 is 1.94 bits per heavy atom. The van der Waals surface area contributed by atoms with Crippen molar-refractivity contribution in [2.75, 3.05) is 5.32 Å².